The summed E-state index contributed by atoms with van der Waals surface area (Å²) in [6.45, 7) is 3.83. The topological polar surface area (TPSA) is 95.9 Å². The molecule has 0 radical (unpaired) electrons. The van der Waals surface area contributed by atoms with E-state index in [0.29, 0.717) is 22.0 Å². The van der Waals surface area contributed by atoms with Gasteiger partial charge < -0.3 is 4.90 Å². The third-order valence-electron chi connectivity index (χ3n) is 4.83. The monoisotopic (exact) mass is 461 g/mol. The van der Waals surface area contributed by atoms with Gasteiger partial charge in [0, 0.05) is 29.1 Å². The zero-order chi connectivity index (χ0) is 22.8. The number of carbonyl (C=O) groups is 2. The first-order chi connectivity index (χ1) is 14.6. The predicted molar refractivity (Wildman–Crippen MR) is 122 cm³/mol. The number of anilines is 1. The van der Waals surface area contributed by atoms with Crippen molar-refractivity contribution in [3.8, 4) is 0 Å². The summed E-state index contributed by atoms with van der Waals surface area (Å²) in [4.78, 5) is 31.8. The van der Waals surface area contributed by atoms with Gasteiger partial charge in [-0.2, -0.15) is 0 Å². The van der Waals surface area contributed by atoms with Crippen LogP contribution in [0.25, 0.3) is 0 Å². The molecule has 0 aromatic heterocycles. The van der Waals surface area contributed by atoms with E-state index in [1.807, 2.05) is 48.9 Å². The molecule has 1 heterocycles. The van der Waals surface area contributed by atoms with Crippen molar-refractivity contribution < 1.29 is 18.0 Å². The van der Waals surface area contributed by atoms with Crippen molar-refractivity contribution in [3.63, 3.8) is 0 Å². The fourth-order valence-electron chi connectivity index (χ4n) is 3.44. The molecule has 0 saturated heterocycles. The van der Waals surface area contributed by atoms with E-state index >= 15 is 0 Å². The molecule has 1 aliphatic heterocycles. The molecule has 1 N–H and O–H groups in total. The minimum Gasteiger partial charge on any atom is -0.309 e. The van der Waals surface area contributed by atoms with Gasteiger partial charge in [0.25, 0.3) is 5.91 Å². The number of benzodiazepines with no additional fused rings is 1. The van der Waals surface area contributed by atoms with E-state index in [2.05, 4.69) is 0 Å². The molecule has 31 heavy (non-hydrogen) atoms. The largest absolute Gasteiger partial charge is 0.309 e. The Morgan fingerprint density at radius 3 is 2.48 bits per heavy atom. The molecular formula is C22H24ClN3O4S. The van der Waals surface area contributed by atoms with Gasteiger partial charge >= 0.3 is 0 Å². The zero-order valence-electron chi connectivity index (χ0n) is 17.5. The maximum atomic E-state index is 13.4. The van der Waals surface area contributed by atoms with E-state index in [1.54, 1.807) is 18.2 Å². The van der Waals surface area contributed by atoms with Crippen LogP contribution < -0.4 is 9.62 Å². The van der Waals surface area contributed by atoms with Gasteiger partial charge in [-0.1, -0.05) is 55.8 Å². The molecule has 9 heteroatoms. The number of carbonyl (C=O) groups excluding carboxylic acids is 2. The van der Waals surface area contributed by atoms with Crippen molar-refractivity contribution in [1.82, 2.24) is 4.72 Å². The van der Waals surface area contributed by atoms with Crippen molar-refractivity contribution in [2.75, 3.05) is 17.7 Å². The van der Waals surface area contributed by atoms with Crippen LogP contribution >= 0.6 is 11.6 Å². The summed E-state index contributed by atoms with van der Waals surface area (Å²) in [7, 11) is -3.68. The second-order valence-corrected chi connectivity index (χ2v) is 9.92. The lowest BCUT2D eigenvalue weighted by Gasteiger charge is -2.26. The molecule has 7 nitrogen and oxygen atoms in total. The number of nitrogens with zero attached hydrogens (tertiary/aromatic N) is 2. The van der Waals surface area contributed by atoms with Gasteiger partial charge in [0.05, 0.1) is 17.7 Å². The molecular weight excluding hydrogens is 438 g/mol. The fraction of sp³-hybridized carbons (Fsp3) is 0.318. The molecule has 0 fully saturated rings. The van der Waals surface area contributed by atoms with Crippen molar-refractivity contribution >= 4 is 44.8 Å². The minimum atomic E-state index is -3.68. The van der Waals surface area contributed by atoms with Crippen LogP contribution in [-0.4, -0.2) is 44.8 Å². The van der Waals surface area contributed by atoms with Gasteiger partial charge in [0.1, 0.15) is 6.04 Å². The van der Waals surface area contributed by atoms with Crippen LogP contribution in [0.5, 0.6) is 0 Å². The summed E-state index contributed by atoms with van der Waals surface area (Å²) < 4.78 is 24.6. The van der Waals surface area contributed by atoms with E-state index < -0.39 is 22.0 Å². The van der Waals surface area contributed by atoms with Crippen molar-refractivity contribution in [3.05, 3.63) is 64.7 Å². The third-order valence-corrected chi connectivity index (χ3v) is 5.67. The molecule has 0 saturated carbocycles. The number of amides is 2. The SMILES string of the molecule is CC(C)[C@@H]1N=C(c2ccccc2)c2cc(Cl)ccc2N(CCC(=O)NS(C)(=O)=O)C1=O. The maximum absolute atomic E-state index is 13.4. The lowest BCUT2D eigenvalue weighted by atomic mass is 10.00. The van der Waals surface area contributed by atoms with Crippen molar-refractivity contribution in [2.24, 2.45) is 10.9 Å². The maximum Gasteiger partial charge on any atom is 0.252 e. The summed E-state index contributed by atoms with van der Waals surface area (Å²) in [5.74, 6) is -1.03. The van der Waals surface area contributed by atoms with Crippen LogP contribution in [0.1, 0.15) is 31.4 Å². The Hall–Kier alpha value is -2.71. The van der Waals surface area contributed by atoms with Crippen LogP contribution in [-0.2, 0) is 19.6 Å². The number of nitrogens with one attached hydrogen (secondary N) is 1. The Morgan fingerprint density at radius 2 is 1.87 bits per heavy atom. The Morgan fingerprint density at radius 1 is 1.19 bits per heavy atom. The van der Waals surface area contributed by atoms with E-state index in [-0.39, 0.29) is 24.8 Å². The third kappa shape index (κ3) is 5.51. The number of fused-ring (bicyclic) bond motifs is 1. The summed E-state index contributed by atoms with van der Waals surface area (Å²) in [6.07, 6.45) is 0.737. The number of aliphatic imine (C=N–C) groups is 1. The summed E-state index contributed by atoms with van der Waals surface area (Å²) in [6, 6.07) is 14.0. The van der Waals surface area contributed by atoms with E-state index in [4.69, 9.17) is 16.6 Å². The van der Waals surface area contributed by atoms with Gasteiger partial charge in [0.15, 0.2) is 0 Å². The average molecular weight is 462 g/mol. The smallest absolute Gasteiger partial charge is 0.252 e. The standard InChI is InChI=1S/C22H24ClN3O4S/c1-14(2)20-22(28)26(12-11-19(27)25-31(3,29)30)18-10-9-16(23)13-17(18)21(24-20)15-7-5-4-6-8-15/h4-10,13-14,20H,11-12H2,1-3H3,(H,25,27)/t20-/m0/s1. The quantitative estimate of drug-likeness (QED) is 0.715. The number of hydrogen-bond donors (Lipinski definition) is 1. The van der Waals surface area contributed by atoms with Crippen LogP contribution in [0.15, 0.2) is 53.5 Å². The van der Waals surface area contributed by atoms with Gasteiger partial charge in [-0.25, -0.2) is 8.42 Å². The molecule has 2 aromatic rings. The van der Waals surface area contributed by atoms with Crippen LogP contribution in [0, 0.1) is 5.92 Å². The van der Waals surface area contributed by atoms with Gasteiger partial charge in [-0.05, 0) is 24.1 Å². The van der Waals surface area contributed by atoms with Gasteiger partial charge in [0.2, 0.25) is 15.9 Å². The first kappa shape index (κ1) is 23.0. The summed E-state index contributed by atoms with van der Waals surface area (Å²) in [5.41, 5.74) is 2.75. The predicted octanol–water partition coefficient (Wildman–Crippen LogP) is 3.01. The summed E-state index contributed by atoms with van der Waals surface area (Å²) >= 11 is 6.28. The van der Waals surface area contributed by atoms with Crippen LogP contribution in [0.2, 0.25) is 5.02 Å². The molecule has 0 unspecified atom stereocenters. The highest BCUT2D eigenvalue weighted by atomic mass is 35.5. The van der Waals surface area contributed by atoms with Crippen molar-refractivity contribution in [1.29, 1.82) is 0 Å². The Kier molecular flexibility index (Phi) is 6.81. The van der Waals surface area contributed by atoms with E-state index in [9.17, 15) is 18.0 Å². The zero-order valence-corrected chi connectivity index (χ0v) is 19.1. The number of halogens is 1. The summed E-state index contributed by atoms with van der Waals surface area (Å²) in [5, 5.41) is 0.493. The normalized spacial score (nSPS) is 16.5. The number of rotatable bonds is 6. The van der Waals surface area contributed by atoms with E-state index in [0.717, 1.165) is 11.8 Å². The lowest BCUT2D eigenvalue weighted by Crippen LogP contribution is -2.42. The molecule has 1 aliphatic rings. The average Bonchev–Trinajstić information content (AvgIpc) is 2.80. The van der Waals surface area contributed by atoms with E-state index in [1.165, 1.54) is 4.90 Å². The minimum absolute atomic E-state index is 0.00955. The highest BCUT2D eigenvalue weighted by Gasteiger charge is 2.34. The first-order valence-corrected chi connectivity index (χ1v) is 12.1. The second kappa shape index (κ2) is 9.20. The molecule has 2 amide bonds. The molecule has 164 valence electrons. The molecule has 0 aliphatic carbocycles. The van der Waals surface area contributed by atoms with Crippen molar-refractivity contribution in [2.45, 2.75) is 26.3 Å². The Labute approximate surface area is 187 Å². The van der Waals surface area contributed by atoms with Gasteiger partial charge in [-0.15, -0.1) is 0 Å². The molecule has 2 aromatic carbocycles. The Bertz CT molecular complexity index is 1130. The lowest BCUT2D eigenvalue weighted by molar-refractivity contribution is -0.121. The molecule has 1 atom stereocenters. The number of sulfonamides is 1. The van der Waals surface area contributed by atoms with Crippen LogP contribution in [0.3, 0.4) is 0 Å². The molecule has 3 rings (SSSR count). The van der Waals surface area contributed by atoms with Crippen LogP contribution in [0.4, 0.5) is 5.69 Å². The fourth-order valence-corrected chi connectivity index (χ4v) is 4.13. The molecule has 0 spiro atoms. The second-order valence-electron chi connectivity index (χ2n) is 7.73. The Balaban J connectivity index is 2.08. The number of hydrogen-bond acceptors (Lipinski definition) is 5. The molecule has 0 bridgehead atoms. The van der Waals surface area contributed by atoms with Gasteiger partial charge in [-0.3, -0.25) is 19.3 Å². The highest BCUT2D eigenvalue weighted by Crippen LogP contribution is 2.32. The number of benzene rings is 2. The first-order valence-electron chi connectivity index (χ1n) is 9.82. The highest BCUT2D eigenvalue weighted by molar-refractivity contribution is 7.89.